The molecule has 3 heterocycles. The molecule has 0 radical (unpaired) electrons. The summed E-state index contributed by atoms with van der Waals surface area (Å²) in [7, 11) is 1.80. The molecule has 7 nitrogen and oxygen atoms in total. The third-order valence-electron chi connectivity index (χ3n) is 3.20. The van der Waals surface area contributed by atoms with Gasteiger partial charge in [0.2, 0.25) is 5.95 Å². The number of hydrogen-bond acceptors (Lipinski definition) is 5. The predicted octanol–water partition coefficient (Wildman–Crippen LogP) is 1.59. The monoisotopic (exact) mass is 271 g/mol. The number of hydrogen-bond donors (Lipinski definition) is 2. The zero-order valence-corrected chi connectivity index (χ0v) is 11.6. The highest BCUT2D eigenvalue weighted by molar-refractivity contribution is 5.77. The Bertz CT molecular complexity index is 712. The van der Waals surface area contributed by atoms with Crippen LogP contribution in [0.1, 0.15) is 24.9 Å². The summed E-state index contributed by atoms with van der Waals surface area (Å²) in [6.45, 7) is 3.12. The Morgan fingerprint density at radius 2 is 2.25 bits per heavy atom. The molecule has 0 aliphatic carbocycles. The number of aromatic amines is 1. The van der Waals surface area contributed by atoms with Gasteiger partial charge in [-0.1, -0.05) is 6.92 Å². The Morgan fingerprint density at radius 1 is 1.35 bits per heavy atom. The number of anilines is 1. The number of nitrogens with one attached hydrogen (secondary N) is 2. The van der Waals surface area contributed by atoms with Crippen molar-refractivity contribution in [1.29, 1.82) is 0 Å². The van der Waals surface area contributed by atoms with Crippen molar-refractivity contribution in [2.45, 2.75) is 26.3 Å². The van der Waals surface area contributed by atoms with Gasteiger partial charge >= 0.3 is 0 Å². The molecule has 3 rings (SSSR count). The highest BCUT2D eigenvalue weighted by Gasteiger charge is 2.12. The van der Waals surface area contributed by atoms with Crippen molar-refractivity contribution in [1.82, 2.24) is 29.7 Å². The second-order valence-electron chi connectivity index (χ2n) is 4.59. The van der Waals surface area contributed by atoms with Gasteiger partial charge in [0.15, 0.2) is 5.65 Å². The molecule has 0 saturated heterocycles. The molecule has 0 atom stereocenters. The van der Waals surface area contributed by atoms with Crippen LogP contribution in [0.5, 0.6) is 0 Å². The second kappa shape index (κ2) is 5.28. The average Bonchev–Trinajstić information content (AvgIpc) is 3.08. The molecular weight excluding hydrogens is 254 g/mol. The SMILES string of the molecule is CCCn1ccnc1Cc1nc(NC)nc2[nH]ncc12. The zero-order valence-electron chi connectivity index (χ0n) is 11.6. The summed E-state index contributed by atoms with van der Waals surface area (Å²) in [5.41, 5.74) is 1.67. The first-order chi connectivity index (χ1) is 9.81. The van der Waals surface area contributed by atoms with Crippen LogP contribution < -0.4 is 5.32 Å². The number of fused-ring (bicyclic) bond motifs is 1. The molecule has 7 heteroatoms. The van der Waals surface area contributed by atoms with E-state index in [1.807, 2.05) is 12.4 Å². The summed E-state index contributed by atoms with van der Waals surface area (Å²) in [6, 6.07) is 0. The van der Waals surface area contributed by atoms with Gasteiger partial charge in [-0.15, -0.1) is 0 Å². The van der Waals surface area contributed by atoms with Crippen molar-refractivity contribution in [3.63, 3.8) is 0 Å². The molecule has 2 N–H and O–H groups in total. The van der Waals surface area contributed by atoms with Gasteiger partial charge in [0.05, 0.1) is 17.3 Å². The molecule has 20 heavy (non-hydrogen) atoms. The summed E-state index contributed by atoms with van der Waals surface area (Å²) < 4.78 is 2.16. The summed E-state index contributed by atoms with van der Waals surface area (Å²) in [5.74, 6) is 1.60. The first kappa shape index (κ1) is 12.6. The van der Waals surface area contributed by atoms with E-state index in [1.54, 1.807) is 13.2 Å². The van der Waals surface area contributed by atoms with E-state index in [2.05, 4.69) is 42.0 Å². The van der Waals surface area contributed by atoms with E-state index in [-0.39, 0.29) is 0 Å². The van der Waals surface area contributed by atoms with Crippen LogP contribution in [0.15, 0.2) is 18.6 Å². The fourth-order valence-electron chi connectivity index (χ4n) is 2.24. The minimum atomic E-state index is 0.588. The minimum absolute atomic E-state index is 0.588. The molecule has 0 amide bonds. The smallest absolute Gasteiger partial charge is 0.224 e. The lowest BCUT2D eigenvalue weighted by atomic mass is 10.2. The van der Waals surface area contributed by atoms with Crippen LogP contribution in [0.3, 0.4) is 0 Å². The first-order valence-corrected chi connectivity index (χ1v) is 6.69. The first-order valence-electron chi connectivity index (χ1n) is 6.69. The standard InChI is InChI=1S/C13H17N7/c1-3-5-20-6-4-15-11(20)7-10-9-8-16-19-12(9)18-13(14-2)17-10/h4,6,8H,3,5,7H2,1-2H3,(H2,14,16,17,18,19). The largest absolute Gasteiger partial charge is 0.357 e. The fraction of sp³-hybridized carbons (Fsp3) is 0.385. The van der Waals surface area contributed by atoms with E-state index in [0.29, 0.717) is 12.4 Å². The number of aryl methyl sites for hydroxylation is 1. The molecule has 0 saturated carbocycles. The minimum Gasteiger partial charge on any atom is -0.357 e. The molecule has 3 aromatic heterocycles. The lowest BCUT2D eigenvalue weighted by molar-refractivity contribution is 0.645. The van der Waals surface area contributed by atoms with Crippen molar-refractivity contribution >= 4 is 17.0 Å². The van der Waals surface area contributed by atoms with E-state index in [9.17, 15) is 0 Å². The summed E-state index contributed by atoms with van der Waals surface area (Å²) in [5, 5.41) is 10.8. The predicted molar refractivity (Wildman–Crippen MR) is 76.6 cm³/mol. The maximum atomic E-state index is 4.53. The van der Waals surface area contributed by atoms with Crippen LogP contribution in [0.2, 0.25) is 0 Å². The van der Waals surface area contributed by atoms with E-state index in [0.717, 1.165) is 35.5 Å². The normalized spacial score (nSPS) is 11.1. The molecule has 0 spiro atoms. The zero-order chi connectivity index (χ0) is 13.9. The van der Waals surface area contributed by atoms with Gasteiger partial charge in [0, 0.05) is 32.4 Å². The van der Waals surface area contributed by atoms with Crippen LogP contribution in [-0.2, 0) is 13.0 Å². The number of aromatic nitrogens is 6. The maximum Gasteiger partial charge on any atom is 0.224 e. The third kappa shape index (κ3) is 2.22. The molecule has 0 aromatic carbocycles. The number of nitrogens with zero attached hydrogens (tertiary/aromatic N) is 5. The quantitative estimate of drug-likeness (QED) is 0.736. The summed E-state index contributed by atoms with van der Waals surface area (Å²) in [6.07, 6.45) is 7.34. The molecule has 0 unspecified atom stereocenters. The average molecular weight is 271 g/mol. The van der Waals surface area contributed by atoms with E-state index < -0.39 is 0 Å². The Hall–Kier alpha value is -2.44. The molecule has 3 aromatic rings. The van der Waals surface area contributed by atoms with Gasteiger partial charge in [0.1, 0.15) is 5.82 Å². The van der Waals surface area contributed by atoms with Crippen molar-refractivity contribution < 1.29 is 0 Å². The fourth-order valence-corrected chi connectivity index (χ4v) is 2.24. The van der Waals surface area contributed by atoms with Crippen LogP contribution in [0.4, 0.5) is 5.95 Å². The van der Waals surface area contributed by atoms with Crippen LogP contribution in [-0.4, -0.2) is 36.8 Å². The van der Waals surface area contributed by atoms with Crippen molar-refractivity contribution in [3.8, 4) is 0 Å². The molecule has 0 aliphatic rings. The van der Waals surface area contributed by atoms with E-state index in [4.69, 9.17) is 0 Å². The second-order valence-corrected chi connectivity index (χ2v) is 4.59. The van der Waals surface area contributed by atoms with Crippen LogP contribution >= 0.6 is 0 Å². The number of rotatable bonds is 5. The Kier molecular flexibility index (Phi) is 3.32. The lowest BCUT2D eigenvalue weighted by Crippen LogP contribution is -2.07. The maximum absolute atomic E-state index is 4.53. The van der Waals surface area contributed by atoms with Gasteiger partial charge in [0.25, 0.3) is 0 Å². The van der Waals surface area contributed by atoms with Gasteiger partial charge in [-0.05, 0) is 6.42 Å². The van der Waals surface area contributed by atoms with Gasteiger partial charge < -0.3 is 9.88 Å². The van der Waals surface area contributed by atoms with Gasteiger partial charge in [-0.3, -0.25) is 5.10 Å². The Labute approximate surface area is 116 Å². The Balaban J connectivity index is 2.01. The van der Waals surface area contributed by atoms with Crippen molar-refractivity contribution in [2.24, 2.45) is 0 Å². The lowest BCUT2D eigenvalue weighted by Gasteiger charge is -2.07. The summed E-state index contributed by atoms with van der Waals surface area (Å²) in [4.78, 5) is 13.3. The molecule has 104 valence electrons. The van der Waals surface area contributed by atoms with Gasteiger partial charge in [-0.2, -0.15) is 10.1 Å². The van der Waals surface area contributed by atoms with Gasteiger partial charge in [-0.25, -0.2) is 9.97 Å². The van der Waals surface area contributed by atoms with E-state index in [1.165, 1.54) is 0 Å². The third-order valence-corrected chi connectivity index (χ3v) is 3.20. The number of imidazole rings is 1. The van der Waals surface area contributed by atoms with E-state index >= 15 is 0 Å². The van der Waals surface area contributed by atoms with Crippen LogP contribution in [0.25, 0.3) is 11.0 Å². The van der Waals surface area contributed by atoms with Crippen molar-refractivity contribution in [2.75, 3.05) is 12.4 Å². The van der Waals surface area contributed by atoms with Crippen molar-refractivity contribution in [3.05, 3.63) is 30.1 Å². The highest BCUT2D eigenvalue weighted by atomic mass is 15.2. The topological polar surface area (TPSA) is 84.3 Å². The highest BCUT2D eigenvalue weighted by Crippen LogP contribution is 2.18. The molecule has 0 bridgehead atoms. The number of H-pyrrole nitrogens is 1. The van der Waals surface area contributed by atoms with Crippen LogP contribution in [0, 0.1) is 0 Å². The molecule has 0 aliphatic heterocycles. The Morgan fingerprint density at radius 3 is 3.05 bits per heavy atom. The molecular formula is C13H17N7. The molecule has 0 fully saturated rings. The summed E-state index contributed by atoms with van der Waals surface area (Å²) >= 11 is 0.